The van der Waals surface area contributed by atoms with E-state index < -0.39 is 0 Å². The molecule has 1 heterocycles. The highest BCUT2D eigenvalue weighted by Crippen LogP contribution is 2.16. The normalized spacial score (nSPS) is 10.0. The quantitative estimate of drug-likeness (QED) is 0.855. The van der Waals surface area contributed by atoms with Gasteiger partial charge in [-0.15, -0.1) is 0 Å². The molecule has 5 nitrogen and oxygen atoms in total. The van der Waals surface area contributed by atoms with Crippen molar-refractivity contribution in [2.75, 3.05) is 24.3 Å². The van der Waals surface area contributed by atoms with Gasteiger partial charge < -0.3 is 15.4 Å². The highest BCUT2D eigenvalue weighted by atomic mass is 16.5. The third-order valence-electron chi connectivity index (χ3n) is 2.87. The Morgan fingerprint density at radius 2 is 1.86 bits per heavy atom. The molecule has 5 heteroatoms. The van der Waals surface area contributed by atoms with Crippen molar-refractivity contribution in [3.63, 3.8) is 0 Å². The van der Waals surface area contributed by atoms with E-state index >= 15 is 0 Å². The number of aromatic nitrogens is 1. The van der Waals surface area contributed by atoms with Crippen LogP contribution in [-0.4, -0.2) is 24.5 Å². The topological polar surface area (TPSA) is 63.2 Å². The summed E-state index contributed by atoms with van der Waals surface area (Å²) in [5.41, 5.74) is 1.95. The van der Waals surface area contributed by atoms with Gasteiger partial charge in [0.15, 0.2) is 0 Å². The van der Waals surface area contributed by atoms with Crippen molar-refractivity contribution in [1.29, 1.82) is 0 Å². The molecule has 0 fully saturated rings. The Balaban J connectivity index is 1.98. The van der Waals surface area contributed by atoms with Gasteiger partial charge in [0.25, 0.3) is 5.91 Å². The summed E-state index contributed by atoms with van der Waals surface area (Å²) in [7, 11) is 1.80. The van der Waals surface area contributed by atoms with E-state index in [2.05, 4.69) is 22.5 Å². The maximum atomic E-state index is 12.0. The monoisotopic (exact) mass is 285 g/mol. The fourth-order valence-corrected chi connectivity index (χ4v) is 1.73. The van der Waals surface area contributed by atoms with Gasteiger partial charge in [-0.2, -0.15) is 0 Å². The summed E-state index contributed by atoms with van der Waals surface area (Å²) >= 11 is 0. The predicted molar refractivity (Wildman–Crippen MR) is 84.0 cm³/mol. The van der Waals surface area contributed by atoms with Crippen LogP contribution in [0.3, 0.4) is 0 Å². The number of hydrogen-bond acceptors (Lipinski definition) is 4. The number of nitrogens with zero attached hydrogens (tertiary/aromatic N) is 1. The second-order valence-electron chi connectivity index (χ2n) is 4.51. The molecule has 1 aromatic carbocycles. The first-order valence-corrected chi connectivity index (χ1v) is 6.91. The van der Waals surface area contributed by atoms with Crippen molar-refractivity contribution in [3.8, 4) is 5.75 Å². The van der Waals surface area contributed by atoms with Gasteiger partial charge in [0.2, 0.25) is 0 Å². The van der Waals surface area contributed by atoms with Crippen LogP contribution < -0.4 is 15.4 Å². The Morgan fingerprint density at radius 1 is 1.14 bits per heavy atom. The minimum atomic E-state index is -0.236. The van der Waals surface area contributed by atoms with Crippen LogP contribution in [0.15, 0.2) is 42.6 Å². The van der Waals surface area contributed by atoms with Crippen LogP contribution in [0, 0.1) is 0 Å². The third-order valence-corrected chi connectivity index (χ3v) is 2.87. The Kier molecular flexibility index (Phi) is 5.15. The van der Waals surface area contributed by atoms with Crippen molar-refractivity contribution in [2.24, 2.45) is 0 Å². The standard InChI is InChI=1S/C16H19N3O2/c1-3-10-21-14-7-4-12(5-8-14)19-16(20)15-9-6-13(17-2)11-18-15/h4-9,11,17H,3,10H2,1-2H3,(H,19,20). The molecule has 110 valence electrons. The summed E-state index contributed by atoms with van der Waals surface area (Å²) in [5, 5.41) is 5.76. The maximum Gasteiger partial charge on any atom is 0.274 e. The number of benzene rings is 1. The molecule has 0 aliphatic heterocycles. The summed E-state index contributed by atoms with van der Waals surface area (Å²) in [5.74, 6) is 0.561. The summed E-state index contributed by atoms with van der Waals surface area (Å²) < 4.78 is 5.49. The zero-order valence-corrected chi connectivity index (χ0v) is 12.2. The van der Waals surface area contributed by atoms with Crippen LogP contribution in [0.25, 0.3) is 0 Å². The van der Waals surface area contributed by atoms with Crippen molar-refractivity contribution in [1.82, 2.24) is 4.98 Å². The molecule has 0 radical (unpaired) electrons. The van der Waals surface area contributed by atoms with Gasteiger partial charge in [-0.05, 0) is 42.8 Å². The Labute approximate surface area is 124 Å². The molecule has 0 saturated carbocycles. The van der Waals surface area contributed by atoms with Crippen LogP contribution in [0.2, 0.25) is 0 Å². The molecule has 1 amide bonds. The van der Waals surface area contributed by atoms with Crippen LogP contribution in [0.1, 0.15) is 23.8 Å². The van der Waals surface area contributed by atoms with Gasteiger partial charge in [0.05, 0.1) is 18.5 Å². The summed E-state index contributed by atoms with van der Waals surface area (Å²) in [6.07, 6.45) is 2.59. The number of amides is 1. The Hall–Kier alpha value is -2.56. The molecular weight excluding hydrogens is 266 g/mol. The van der Waals surface area contributed by atoms with Crippen molar-refractivity contribution >= 4 is 17.3 Å². The second-order valence-corrected chi connectivity index (χ2v) is 4.51. The summed E-state index contributed by atoms with van der Waals surface area (Å²) in [4.78, 5) is 16.1. The molecule has 2 rings (SSSR count). The molecule has 2 N–H and O–H groups in total. The lowest BCUT2D eigenvalue weighted by Gasteiger charge is -2.07. The van der Waals surface area contributed by atoms with E-state index in [9.17, 15) is 4.79 Å². The van der Waals surface area contributed by atoms with Crippen LogP contribution >= 0.6 is 0 Å². The number of carbonyl (C=O) groups is 1. The molecule has 0 unspecified atom stereocenters. The summed E-state index contributed by atoms with van der Waals surface area (Å²) in [6.45, 7) is 2.74. The Bertz CT molecular complexity index is 579. The van der Waals surface area contributed by atoms with Crippen LogP contribution in [0.4, 0.5) is 11.4 Å². The largest absolute Gasteiger partial charge is 0.494 e. The zero-order valence-electron chi connectivity index (χ0n) is 12.2. The van der Waals surface area contributed by atoms with Gasteiger partial charge in [-0.1, -0.05) is 6.92 Å². The summed E-state index contributed by atoms with van der Waals surface area (Å²) in [6, 6.07) is 10.8. The molecule has 21 heavy (non-hydrogen) atoms. The number of ether oxygens (including phenoxy) is 1. The molecule has 0 bridgehead atoms. The van der Waals surface area contributed by atoms with Gasteiger partial charge in [0, 0.05) is 12.7 Å². The van der Waals surface area contributed by atoms with Gasteiger partial charge >= 0.3 is 0 Å². The van der Waals surface area contributed by atoms with E-state index in [0.717, 1.165) is 17.9 Å². The lowest BCUT2D eigenvalue weighted by atomic mass is 10.2. The molecular formula is C16H19N3O2. The predicted octanol–water partition coefficient (Wildman–Crippen LogP) is 3.16. The molecule has 0 spiro atoms. The van der Waals surface area contributed by atoms with Gasteiger partial charge in [-0.3, -0.25) is 4.79 Å². The zero-order chi connectivity index (χ0) is 15.1. The molecule has 1 aromatic heterocycles. The molecule has 0 aliphatic rings. The Morgan fingerprint density at radius 3 is 2.43 bits per heavy atom. The van der Waals surface area contributed by atoms with Gasteiger partial charge in [-0.25, -0.2) is 4.98 Å². The maximum absolute atomic E-state index is 12.0. The smallest absolute Gasteiger partial charge is 0.274 e. The van der Waals surface area contributed by atoms with E-state index in [1.54, 1.807) is 19.3 Å². The first-order valence-electron chi connectivity index (χ1n) is 6.91. The fourth-order valence-electron chi connectivity index (χ4n) is 1.73. The first-order chi connectivity index (χ1) is 10.2. The average molecular weight is 285 g/mol. The lowest BCUT2D eigenvalue weighted by Crippen LogP contribution is -2.13. The average Bonchev–Trinajstić information content (AvgIpc) is 2.54. The van der Waals surface area contributed by atoms with E-state index in [0.29, 0.717) is 18.0 Å². The van der Waals surface area contributed by atoms with Crippen molar-refractivity contribution in [2.45, 2.75) is 13.3 Å². The number of pyridine rings is 1. The minimum Gasteiger partial charge on any atom is -0.494 e. The molecule has 2 aromatic rings. The molecule has 0 aliphatic carbocycles. The highest BCUT2D eigenvalue weighted by molar-refractivity contribution is 6.02. The lowest BCUT2D eigenvalue weighted by molar-refractivity contribution is 0.102. The highest BCUT2D eigenvalue weighted by Gasteiger charge is 2.07. The SMILES string of the molecule is CCCOc1ccc(NC(=O)c2ccc(NC)cn2)cc1. The number of carbonyl (C=O) groups excluding carboxylic acids is 1. The van der Waals surface area contributed by atoms with E-state index in [4.69, 9.17) is 4.74 Å². The van der Waals surface area contributed by atoms with E-state index in [1.165, 1.54) is 0 Å². The number of rotatable bonds is 6. The number of hydrogen-bond donors (Lipinski definition) is 2. The molecule has 0 saturated heterocycles. The minimum absolute atomic E-state index is 0.236. The van der Waals surface area contributed by atoms with Crippen molar-refractivity contribution in [3.05, 3.63) is 48.3 Å². The van der Waals surface area contributed by atoms with Gasteiger partial charge in [0.1, 0.15) is 11.4 Å². The van der Waals surface area contributed by atoms with Crippen LogP contribution in [0.5, 0.6) is 5.75 Å². The fraction of sp³-hybridized carbons (Fsp3) is 0.250. The molecule has 0 atom stereocenters. The van der Waals surface area contributed by atoms with Crippen molar-refractivity contribution < 1.29 is 9.53 Å². The number of anilines is 2. The second kappa shape index (κ2) is 7.28. The number of nitrogens with one attached hydrogen (secondary N) is 2. The van der Waals surface area contributed by atoms with E-state index in [-0.39, 0.29) is 5.91 Å². The first kappa shape index (κ1) is 14.8. The van der Waals surface area contributed by atoms with Crippen LogP contribution in [-0.2, 0) is 0 Å². The van der Waals surface area contributed by atoms with E-state index in [1.807, 2.05) is 30.3 Å². The third kappa shape index (κ3) is 4.21.